The first kappa shape index (κ1) is 17.2. The zero-order valence-corrected chi connectivity index (χ0v) is 14.8. The smallest absolute Gasteiger partial charge is 0.257 e. The van der Waals surface area contributed by atoms with Crippen LogP contribution in [-0.2, 0) is 16.1 Å². The Balaban J connectivity index is 1.45. The Morgan fingerprint density at radius 3 is 3.19 bits per heavy atom. The highest BCUT2D eigenvalue weighted by Gasteiger charge is 2.47. The number of carbonyl (C=O) groups excluding carboxylic acids is 1. The number of rotatable bonds is 5. The van der Waals surface area contributed by atoms with E-state index in [4.69, 9.17) is 13.9 Å². The second-order valence-electron chi connectivity index (χ2n) is 7.21. The van der Waals surface area contributed by atoms with Crippen molar-refractivity contribution >= 4 is 5.91 Å². The Kier molecular flexibility index (Phi) is 5.04. The van der Waals surface area contributed by atoms with Crippen LogP contribution in [-0.4, -0.2) is 48.2 Å². The summed E-state index contributed by atoms with van der Waals surface area (Å²) in [5.41, 5.74) is 1.52. The summed E-state index contributed by atoms with van der Waals surface area (Å²) in [5.74, 6) is 0.0226. The van der Waals surface area contributed by atoms with E-state index in [1.54, 1.807) is 12.3 Å². The molecule has 6 heteroatoms. The number of piperidine rings is 1. The van der Waals surface area contributed by atoms with Gasteiger partial charge in [-0.2, -0.15) is 0 Å². The van der Waals surface area contributed by atoms with Gasteiger partial charge in [-0.3, -0.25) is 9.78 Å². The third kappa shape index (κ3) is 3.52. The lowest BCUT2D eigenvalue weighted by atomic mass is 9.73. The van der Waals surface area contributed by atoms with Crippen molar-refractivity contribution in [1.82, 2.24) is 9.88 Å². The number of pyridine rings is 1. The molecule has 0 N–H and O–H groups in total. The first-order chi connectivity index (χ1) is 12.8. The number of amides is 1. The Morgan fingerprint density at radius 2 is 2.38 bits per heavy atom. The molecular weight excluding hydrogens is 332 g/mol. The van der Waals surface area contributed by atoms with Crippen LogP contribution in [0.3, 0.4) is 0 Å². The molecule has 4 rings (SSSR count). The second-order valence-corrected chi connectivity index (χ2v) is 7.21. The van der Waals surface area contributed by atoms with E-state index >= 15 is 0 Å². The number of aromatic nitrogens is 1. The van der Waals surface area contributed by atoms with Crippen LogP contribution in [0.4, 0.5) is 0 Å². The maximum Gasteiger partial charge on any atom is 0.257 e. The maximum absolute atomic E-state index is 12.7. The van der Waals surface area contributed by atoms with E-state index in [0.29, 0.717) is 31.9 Å². The van der Waals surface area contributed by atoms with Gasteiger partial charge in [0, 0.05) is 37.5 Å². The molecule has 0 aromatic carbocycles. The van der Waals surface area contributed by atoms with Crippen molar-refractivity contribution in [2.45, 2.75) is 32.0 Å². The zero-order chi connectivity index (χ0) is 17.8. The van der Waals surface area contributed by atoms with E-state index in [-0.39, 0.29) is 17.4 Å². The summed E-state index contributed by atoms with van der Waals surface area (Å²) in [6, 6.07) is 5.64. The third-order valence-electron chi connectivity index (χ3n) is 5.42. The quantitative estimate of drug-likeness (QED) is 0.824. The number of fused-ring (bicyclic) bond motifs is 1. The predicted octanol–water partition coefficient (Wildman–Crippen LogP) is 2.90. The van der Waals surface area contributed by atoms with Gasteiger partial charge in [-0.1, -0.05) is 6.07 Å². The van der Waals surface area contributed by atoms with E-state index < -0.39 is 0 Å². The predicted molar refractivity (Wildman–Crippen MR) is 94.5 cm³/mol. The average Bonchev–Trinajstić information content (AvgIpc) is 3.22. The van der Waals surface area contributed by atoms with Gasteiger partial charge < -0.3 is 18.8 Å². The fraction of sp³-hybridized carbons (Fsp3) is 0.500. The summed E-state index contributed by atoms with van der Waals surface area (Å²) in [6.07, 6.45) is 9.64. The number of likely N-dealkylation sites (tertiary alicyclic amines) is 1. The summed E-state index contributed by atoms with van der Waals surface area (Å²) in [4.78, 5) is 18.8. The molecule has 2 aliphatic heterocycles. The van der Waals surface area contributed by atoms with Gasteiger partial charge in [0.15, 0.2) is 0 Å². The number of ether oxygens (including phenoxy) is 2. The Morgan fingerprint density at radius 1 is 1.42 bits per heavy atom. The molecule has 26 heavy (non-hydrogen) atoms. The number of nitrogens with zero attached hydrogens (tertiary/aromatic N) is 2. The van der Waals surface area contributed by atoms with Gasteiger partial charge in [0.2, 0.25) is 0 Å². The molecule has 2 atom stereocenters. The van der Waals surface area contributed by atoms with Crippen molar-refractivity contribution in [1.29, 1.82) is 0 Å². The number of hydrogen-bond acceptors (Lipinski definition) is 5. The van der Waals surface area contributed by atoms with Gasteiger partial charge >= 0.3 is 0 Å². The van der Waals surface area contributed by atoms with Crippen LogP contribution in [0.1, 0.15) is 35.2 Å². The van der Waals surface area contributed by atoms with Crippen LogP contribution in [0.25, 0.3) is 0 Å². The molecule has 0 bridgehead atoms. The summed E-state index contributed by atoms with van der Waals surface area (Å²) in [6.45, 7) is 3.28. The molecule has 6 nitrogen and oxygen atoms in total. The Bertz CT molecular complexity index is 719. The Hall–Kier alpha value is -2.18. The van der Waals surface area contributed by atoms with Crippen molar-refractivity contribution in [2.24, 2.45) is 5.41 Å². The highest BCUT2D eigenvalue weighted by Crippen LogP contribution is 2.41. The highest BCUT2D eigenvalue weighted by molar-refractivity contribution is 5.93. The van der Waals surface area contributed by atoms with E-state index in [0.717, 1.165) is 31.4 Å². The maximum atomic E-state index is 12.7. The molecule has 0 unspecified atom stereocenters. The van der Waals surface area contributed by atoms with E-state index in [9.17, 15) is 4.79 Å². The molecule has 0 radical (unpaired) electrons. The van der Waals surface area contributed by atoms with Gasteiger partial charge in [0.1, 0.15) is 6.26 Å². The molecule has 2 saturated heterocycles. The van der Waals surface area contributed by atoms with Crippen LogP contribution < -0.4 is 0 Å². The Labute approximate surface area is 153 Å². The van der Waals surface area contributed by atoms with E-state index in [1.165, 1.54) is 12.5 Å². The van der Waals surface area contributed by atoms with Crippen LogP contribution in [0.15, 0.2) is 47.5 Å². The lowest BCUT2D eigenvalue weighted by molar-refractivity contribution is -0.148. The minimum atomic E-state index is -0.141. The number of furan rings is 1. The van der Waals surface area contributed by atoms with Gasteiger partial charge in [0.25, 0.3) is 5.91 Å². The molecule has 138 valence electrons. The van der Waals surface area contributed by atoms with Gasteiger partial charge in [0.05, 0.1) is 31.1 Å². The van der Waals surface area contributed by atoms with Crippen LogP contribution in [0, 0.1) is 5.41 Å². The summed E-state index contributed by atoms with van der Waals surface area (Å²) >= 11 is 0. The van der Waals surface area contributed by atoms with Gasteiger partial charge in [-0.25, -0.2) is 0 Å². The van der Waals surface area contributed by atoms with Crippen molar-refractivity contribution in [3.05, 3.63) is 54.2 Å². The standard InChI is InChI=1S/C20H24N2O4/c23-19(17-5-10-24-13-17)22-8-4-18-20(14-22,6-2-9-26-18)15-25-12-16-3-1-7-21-11-16/h1,3,5,7,10-11,13,18H,2,4,6,8-9,12,14-15H2/t18-,20+/m1/s1. The lowest BCUT2D eigenvalue weighted by Crippen LogP contribution is -2.58. The minimum Gasteiger partial charge on any atom is -0.472 e. The van der Waals surface area contributed by atoms with E-state index in [1.807, 2.05) is 23.2 Å². The van der Waals surface area contributed by atoms with Crippen molar-refractivity contribution in [3.63, 3.8) is 0 Å². The van der Waals surface area contributed by atoms with Crippen LogP contribution in [0.2, 0.25) is 0 Å². The van der Waals surface area contributed by atoms with Crippen LogP contribution in [0.5, 0.6) is 0 Å². The van der Waals surface area contributed by atoms with Gasteiger partial charge in [-0.15, -0.1) is 0 Å². The molecule has 0 aliphatic carbocycles. The SMILES string of the molecule is O=C(c1ccoc1)N1CC[C@H]2OCCC[C@@]2(COCc2cccnc2)C1. The molecule has 2 aromatic rings. The monoisotopic (exact) mass is 356 g/mol. The fourth-order valence-electron chi connectivity index (χ4n) is 4.10. The molecule has 2 fully saturated rings. The minimum absolute atomic E-state index is 0.0226. The second kappa shape index (κ2) is 7.60. The normalized spacial score (nSPS) is 25.7. The molecule has 1 amide bonds. The summed E-state index contributed by atoms with van der Waals surface area (Å²) in [7, 11) is 0. The van der Waals surface area contributed by atoms with Crippen molar-refractivity contribution < 1.29 is 18.7 Å². The number of hydrogen-bond donors (Lipinski definition) is 0. The highest BCUT2D eigenvalue weighted by atomic mass is 16.5. The zero-order valence-electron chi connectivity index (χ0n) is 14.8. The lowest BCUT2D eigenvalue weighted by Gasteiger charge is -2.50. The average molecular weight is 356 g/mol. The molecular formula is C20H24N2O4. The third-order valence-corrected chi connectivity index (χ3v) is 5.42. The summed E-state index contributed by atoms with van der Waals surface area (Å²) < 4.78 is 17.2. The first-order valence-corrected chi connectivity index (χ1v) is 9.17. The molecule has 0 saturated carbocycles. The molecule has 4 heterocycles. The fourth-order valence-corrected chi connectivity index (χ4v) is 4.10. The van der Waals surface area contributed by atoms with Gasteiger partial charge in [-0.05, 0) is 37.0 Å². The van der Waals surface area contributed by atoms with Crippen molar-refractivity contribution in [3.8, 4) is 0 Å². The topological polar surface area (TPSA) is 64.8 Å². The van der Waals surface area contributed by atoms with Crippen molar-refractivity contribution in [2.75, 3.05) is 26.3 Å². The first-order valence-electron chi connectivity index (χ1n) is 9.17. The molecule has 2 aliphatic rings. The number of carbonyl (C=O) groups is 1. The van der Waals surface area contributed by atoms with Crippen LogP contribution >= 0.6 is 0 Å². The largest absolute Gasteiger partial charge is 0.472 e. The molecule has 0 spiro atoms. The summed E-state index contributed by atoms with van der Waals surface area (Å²) in [5, 5.41) is 0. The molecule has 2 aromatic heterocycles. The van der Waals surface area contributed by atoms with E-state index in [2.05, 4.69) is 4.98 Å².